The third-order valence-corrected chi connectivity index (χ3v) is 5.31. The van der Waals surface area contributed by atoms with Crippen molar-refractivity contribution in [1.82, 2.24) is 0 Å². The molecule has 0 saturated heterocycles. The zero-order valence-electron chi connectivity index (χ0n) is 12.6. The molecule has 0 radical (unpaired) electrons. The second-order valence-electron chi connectivity index (χ2n) is 6.49. The first-order valence-corrected chi connectivity index (χ1v) is 7.95. The second kappa shape index (κ2) is 5.20. The van der Waals surface area contributed by atoms with Crippen LogP contribution in [0.25, 0.3) is 0 Å². The molecule has 106 valence electrons. The zero-order valence-corrected chi connectivity index (χ0v) is 12.6. The molecule has 1 fully saturated rings. The molecule has 1 aromatic rings. The van der Waals surface area contributed by atoms with Crippen molar-refractivity contribution in [2.24, 2.45) is 5.92 Å². The molecule has 0 N–H and O–H groups in total. The molecule has 0 heterocycles. The summed E-state index contributed by atoms with van der Waals surface area (Å²) in [6.07, 6.45) is 11.4. The quantitative estimate of drug-likeness (QED) is 0.692. The van der Waals surface area contributed by atoms with Crippen LogP contribution in [0.5, 0.6) is 0 Å². The minimum absolute atomic E-state index is 0.137. The number of benzene rings is 1. The number of ketones is 1. The van der Waals surface area contributed by atoms with Gasteiger partial charge in [0.25, 0.3) is 0 Å². The van der Waals surface area contributed by atoms with Crippen LogP contribution >= 0.6 is 0 Å². The first-order valence-electron chi connectivity index (χ1n) is 7.95. The van der Waals surface area contributed by atoms with Gasteiger partial charge in [0.05, 0.1) is 0 Å². The maximum absolute atomic E-state index is 12.9. The molecule has 20 heavy (non-hydrogen) atoms. The van der Waals surface area contributed by atoms with Gasteiger partial charge in [0.2, 0.25) is 0 Å². The van der Waals surface area contributed by atoms with Gasteiger partial charge >= 0.3 is 0 Å². The van der Waals surface area contributed by atoms with Crippen LogP contribution in [0.15, 0.2) is 30.4 Å². The van der Waals surface area contributed by atoms with Crippen LogP contribution in [-0.2, 0) is 5.41 Å². The molecule has 1 aromatic carbocycles. The first kappa shape index (κ1) is 13.6. The fourth-order valence-corrected chi connectivity index (χ4v) is 4.33. The van der Waals surface area contributed by atoms with E-state index in [1.54, 1.807) is 0 Å². The lowest BCUT2D eigenvalue weighted by molar-refractivity contribution is 0.0852. The van der Waals surface area contributed by atoms with Crippen LogP contribution in [0.2, 0.25) is 0 Å². The Bertz CT molecular complexity index is 547. The Morgan fingerprint density at radius 3 is 2.70 bits per heavy atom. The first-order chi connectivity index (χ1) is 9.69. The Hall–Kier alpha value is -1.37. The lowest BCUT2D eigenvalue weighted by atomic mass is 9.64. The fraction of sp³-hybridized carbons (Fsp3) is 0.526. The summed E-state index contributed by atoms with van der Waals surface area (Å²) in [5, 5.41) is 0. The highest BCUT2D eigenvalue weighted by Gasteiger charge is 2.51. The van der Waals surface area contributed by atoms with Crippen LogP contribution in [0.3, 0.4) is 0 Å². The van der Waals surface area contributed by atoms with E-state index in [1.165, 1.54) is 43.2 Å². The molecular weight excluding hydrogens is 244 g/mol. The van der Waals surface area contributed by atoms with Gasteiger partial charge in [-0.05, 0) is 44.7 Å². The predicted octanol–water partition coefficient (Wildman–Crippen LogP) is 4.98. The van der Waals surface area contributed by atoms with Gasteiger partial charge in [-0.15, -0.1) is 0 Å². The monoisotopic (exact) mass is 268 g/mol. The Labute approximate surface area is 122 Å². The van der Waals surface area contributed by atoms with E-state index in [2.05, 4.69) is 37.3 Å². The van der Waals surface area contributed by atoms with E-state index in [-0.39, 0.29) is 11.3 Å². The highest BCUT2D eigenvalue weighted by Crippen LogP contribution is 2.53. The summed E-state index contributed by atoms with van der Waals surface area (Å²) >= 11 is 0. The van der Waals surface area contributed by atoms with Gasteiger partial charge in [-0.1, -0.05) is 49.1 Å². The molecule has 2 aliphatic carbocycles. The number of carbonyl (C=O) groups excluding carboxylic acids is 1. The summed E-state index contributed by atoms with van der Waals surface area (Å²) < 4.78 is 0. The van der Waals surface area contributed by atoms with Crippen molar-refractivity contribution < 1.29 is 4.79 Å². The molecular formula is C19H24O. The molecule has 1 heteroatoms. The van der Waals surface area contributed by atoms with Crippen LogP contribution < -0.4 is 0 Å². The Morgan fingerprint density at radius 1 is 1.25 bits per heavy atom. The van der Waals surface area contributed by atoms with Crippen molar-refractivity contribution in [3.8, 4) is 0 Å². The van der Waals surface area contributed by atoms with E-state index < -0.39 is 0 Å². The largest absolute Gasteiger partial charge is 0.294 e. The minimum atomic E-state index is 0.137. The van der Waals surface area contributed by atoms with Crippen LogP contribution in [0.1, 0.15) is 66.9 Å². The number of hydrogen-bond donors (Lipinski definition) is 0. The topological polar surface area (TPSA) is 17.1 Å². The molecule has 0 aromatic heterocycles. The second-order valence-corrected chi connectivity index (χ2v) is 6.49. The van der Waals surface area contributed by atoms with Crippen molar-refractivity contribution in [1.29, 1.82) is 0 Å². The number of aryl methyl sites for hydroxylation is 1. The average Bonchev–Trinajstić information content (AvgIpc) is 2.67. The standard InChI is InChI=1S/C19H24O/c1-3-4-8-17-18(20)15-13-14(2)9-10-16(15)19(17)11-6-5-7-12-19/h3-4,9-10,13,17H,5-8,11-12H2,1-2H3/b4-3+. The van der Waals surface area contributed by atoms with Crippen LogP contribution in [0.4, 0.5) is 0 Å². The highest BCUT2D eigenvalue weighted by atomic mass is 16.1. The fourth-order valence-electron chi connectivity index (χ4n) is 4.33. The van der Waals surface area contributed by atoms with E-state index in [9.17, 15) is 4.79 Å². The maximum Gasteiger partial charge on any atom is 0.167 e. The summed E-state index contributed by atoms with van der Waals surface area (Å²) in [6, 6.07) is 6.54. The average molecular weight is 268 g/mol. The molecule has 3 rings (SSSR count). The van der Waals surface area contributed by atoms with E-state index in [0.717, 1.165) is 12.0 Å². The van der Waals surface area contributed by atoms with Crippen molar-refractivity contribution in [2.45, 2.75) is 57.8 Å². The minimum Gasteiger partial charge on any atom is -0.294 e. The van der Waals surface area contributed by atoms with Gasteiger partial charge in [-0.2, -0.15) is 0 Å². The van der Waals surface area contributed by atoms with Gasteiger partial charge in [-0.25, -0.2) is 0 Å². The smallest absolute Gasteiger partial charge is 0.167 e. The highest BCUT2D eigenvalue weighted by molar-refractivity contribution is 6.04. The van der Waals surface area contributed by atoms with E-state index >= 15 is 0 Å². The number of allylic oxidation sites excluding steroid dienone is 2. The molecule has 1 unspecified atom stereocenters. The van der Waals surface area contributed by atoms with Gasteiger partial charge < -0.3 is 0 Å². The van der Waals surface area contributed by atoms with Crippen molar-refractivity contribution in [2.75, 3.05) is 0 Å². The summed E-state index contributed by atoms with van der Waals surface area (Å²) in [4.78, 5) is 12.9. The van der Waals surface area contributed by atoms with Gasteiger partial charge in [0, 0.05) is 16.9 Å². The summed E-state index contributed by atoms with van der Waals surface area (Å²) in [6.45, 7) is 4.13. The zero-order chi connectivity index (χ0) is 14.2. The molecule has 1 saturated carbocycles. The van der Waals surface area contributed by atoms with Gasteiger partial charge in [0.15, 0.2) is 5.78 Å². The Balaban J connectivity index is 2.09. The number of fused-ring (bicyclic) bond motifs is 2. The number of hydrogen-bond acceptors (Lipinski definition) is 1. The number of rotatable bonds is 2. The predicted molar refractivity (Wildman–Crippen MR) is 83.2 cm³/mol. The lowest BCUT2D eigenvalue weighted by Crippen LogP contribution is -2.35. The molecule has 0 bridgehead atoms. The third-order valence-electron chi connectivity index (χ3n) is 5.31. The van der Waals surface area contributed by atoms with Crippen LogP contribution in [-0.4, -0.2) is 5.78 Å². The van der Waals surface area contributed by atoms with Crippen LogP contribution in [0, 0.1) is 12.8 Å². The van der Waals surface area contributed by atoms with E-state index in [1.807, 2.05) is 6.92 Å². The van der Waals surface area contributed by atoms with E-state index in [4.69, 9.17) is 0 Å². The molecule has 1 nitrogen and oxygen atoms in total. The van der Waals surface area contributed by atoms with E-state index in [0.29, 0.717) is 5.78 Å². The van der Waals surface area contributed by atoms with Crippen molar-refractivity contribution in [3.05, 3.63) is 47.0 Å². The molecule has 1 atom stereocenters. The van der Waals surface area contributed by atoms with Crippen molar-refractivity contribution >= 4 is 5.78 Å². The molecule has 0 amide bonds. The Morgan fingerprint density at radius 2 is 2.00 bits per heavy atom. The lowest BCUT2D eigenvalue weighted by Gasteiger charge is -2.39. The maximum atomic E-state index is 12.9. The summed E-state index contributed by atoms with van der Waals surface area (Å²) in [7, 11) is 0. The summed E-state index contributed by atoms with van der Waals surface area (Å²) in [5.41, 5.74) is 3.70. The summed E-state index contributed by atoms with van der Waals surface area (Å²) in [5.74, 6) is 0.569. The number of carbonyl (C=O) groups is 1. The molecule has 2 aliphatic rings. The Kier molecular flexibility index (Phi) is 3.54. The van der Waals surface area contributed by atoms with Gasteiger partial charge in [0.1, 0.15) is 0 Å². The normalized spacial score (nSPS) is 24.5. The third kappa shape index (κ3) is 1.95. The molecule has 0 aliphatic heterocycles. The van der Waals surface area contributed by atoms with Gasteiger partial charge in [-0.3, -0.25) is 4.79 Å². The number of Topliss-reactive ketones (excluding diaryl/α,β-unsaturated/α-hetero) is 1. The SMILES string of the molecule is C/C=C/CC1C(=O)c2cc(C)ccc2C12CCCCC2. The van der Waals surface area contributed by atoms with Crippen molar-refractivity contribution in [3.63, 3.8) is 0 Å². The molecule has 1 spiro atoms.